The molecule has 5 heteroatoms. The van der Waals surface area contributed by atoms with Crippen LogP contribution < -0.4 is 4.90 Å². The minimum Gasteiger partial charge on any atom is -0.456 e. The number of fused-ring (bicyclic) bond motifs is 3. The number of hydrogen-bond donors (Lipinski definition) is 0. The van der Waals surface area contributed by atoms with Gasteiger partial charge in [0.05, 0.1) is 0 Å². The van der Waals surface area contributed by atoms with Gasteiger partial charge in [0.25, 0.3) is 0 Å². The summed E-state index contributed by atoms with van der Waals surface area (Å²) in [5.41, 5.74) is 14.3. The summed E-state index contributed by atoms with van der Waals surface area (Å²) in [5, 5.41) is 1.96. The molecule has 0 fully saturated rings. The van der Waals surface area contributed by atoms with Crippen molar-refractivity contribution in [1.29, 1.82) is 0 Å². The average molecular weight is 795 g/mol. The molecular weight excluding hydrogens is 757 g/mol. The van der Waals surface area contributed by atoms with Gasteiger partial charge < -0.3 is 9.32 Å². The van der Waals surface area contributed by atoms with Crippen LogP contribution in [0.1, 0.15) is 0 Å². The summed E-state index contributed by atoms with van der Waals surface area (Å²) in [6.07, 6.45) is 0. The lowest BCUT2D eigenvalue weighted by atomic mass is 10.0. The van der Waals surface area contributed by atoms with E-state index in [4.69, 9.17) is 19.4 Å². The SMILES string of the molecule is c1ccc(-c2ccc(-c3nc(-c4ccc(-c5ccccc5)cc4)nc(-c4cccc5oc6cc(-c7ccc(N(c8ccccc8)c8ccccc8)cc7)ccc6c45)n3)cc2)cc1. The van der Waals surface area contributed by atoms with Crippen molar-refractivity contribution in [2.24, 2.45) is 0 Å². The molecule has 0 radical (unpaired) electrons. The molecule has 2 heterocycles. The Balaban J connectivity index is 0.981. The number of nitrogens with zero attached hydrogens (tertiary/aromatic N) is 4. The predicted octanol–water partition coefficient (Wildman–Crippen LogP) is 15.2. The molecule has 0 atom stereocenters. The van der Waals surface area contributed by atoms with Crippen molar-refractivity contribution >= 4 is 39.0 Å². The molecule has 0 amide bonds. The highest BCUT2D eigenvalue weighted by Gasteiger charge is 2.19. The van der Waals surface area contributed by atoms with Crippen molar-refractivity contribution in [3.8, 4) is 67.5 Å². The van der Waals surface area contributed by atoms with Gasteiger partial charge in [-0.2, -0.15) is 0 Å². The first kappa shape index (κ1) is 36.7. The van der Waals surface area contributed by atoms with Gasteiger partial charge in [0.2, 0.25) is 0 Å². The van der Waals surface area contributed by atoms with E-state index in [1.54, 1.807) is 0 Å². The molecule has 11 aromatic rings. The second-order valence-electron chi connectivity index (χ2n) is 15.2. The highest BCUT2D eigenvalue weighted by atomic mass is 16.3. The van der Waals surface area contributed by atoms with E-state index in [9.17, 15) is 0 Å². The van der Waals surface area contributed by atoms with E-state index in [1.165, 1.54) is 0 Å². The first-order valence-electron chi connectivity index (χ1n) is 20.8. The smallest absolute Gasteiger partial charge is 0.164 e. The zero-order chi connectivity index (χ0) is 41.2. The summed E-state index contributed by atoms with van der Waals surface area (Å²) >= 11 is 0. The molecule has 9 aromatic carbocycles. The summed E-state index contributed by atoms with van der Waals surface area (Å²) in [6.45, 7) is 0. The van der Waals surface area contributed by atoms with Crippen LogP contribution in [0, 0.1) is 0 Å². The van der Waals surface area contributed by atoms with Gasteiger partial charge >= 0.3 is 0 Å². The number of hydrogen-bond acceptors (Lipinski definition) is 5. The maximum atomic E-state index is 6.62. The molecule has 0 aliphatic rings. The van der Waals surface area contributed by atoms with Crippen LogP contribution in [0.3, 0.4) is 0 Å². The number of aromatic nitrogens is 3. The van der Waals surface area contributed by atoms with E-state index in [1.807, 2.05) is 36.4 Å². The molecule has 62 heavy (non-hydrogen) atoms. The summed E-state index contributed by atoms with van der Waals surface area (Å²) < 4.78 is 6.62. The van der Waals surface area contributed by atoms with Gasteiger partial charge in [0.1, 0.15) is 11.2 Å². The third kappa shape index (κ3) is 7.08. The van der Waals surface area contributed by atoms with Crippen molar-refractivity contribution in [2.45, 2.75) is 0 Å². The Morgan fingerprint density at radius 3 is 1.23 bits per heavy atom. The molecule has 11 rings (SSSR count). The number of furan rings is 1. The van der Waals surface area contributed by atoms with Crippen LogP contribution in [0.15, 0.2) is 235 Å². The maximum absolute atomic E-state index is 6.62. The largest absolute Gasteiger partial charge is 0.456 e. The fraction of sp³-hybridized carbons (Fsp3) is 0. The van der Waals surface area contributed by atoms with E-state index < -0.39 is 0 Å². The number of benzene rings is 9. The molecule has 0 aliphatic carbocycles. The van der Waals surface area contributed by atoms with Crippen LogP contribution in [0.25, 0.3) is 89.5 Å². The zero-order valence-electron chi connectivity index (χ0n) is 33.6. The van der Waals surface area contributed by atoms with Crippen molar-refractivity contribution in [2.75, 3.05) is 4.90 Å². The van der Waals surface area contributed by atoms with Crippen molar-refractivity contribution < 1.29 is 4.42 Å². The number of anilines is 3. The highest BCUT2D eigenvalue weighted by Crippen LogP contribution is 2.40. The maximum Gasteiger partial charge on any atom is 0.164 e. The van der Waals surface area contributed by atoms with Gasteiger partial charge in [0, 0.05) is 44.5 Å². The van der Waals surface area contributed by atoms with Crippen molar-refractivity contribution in [1.82, 2.24) is 15.0 Å². The summed E-state index contributed by atoms with van der Waals surface area (Å²) in [5.74, 6) is 1.79. The molecule has 0 aliphatic heterocycles. The zero-order valence-corrected chi connectivity index (χ0v) is 33.6. The van der Waals surface area contributed by atoms with Gasteiger partial charge in [-0.15, -0.1) is 0 Å². The van der Waals surface area contributed by atoms with Crippen LogP contribution >= 0.6 is 0 Å². The number of rotatable bonds is 9. The van der Waals surface area contributed by atoms with E-state index in [0.717, 1.165) is 89.1 Å². The van der Waals surface area contributed by atoms with E-state index >= 15 is 0 Å². The van der Waals surface area contributed by atoms with Crippen LogP contribution in [0.5, 0.6) is 0 Å². The fourth-order valence-electron chi connectivity index (χ4n) is 8.24. The summed E-state index contributed by atoms with van der Waals surface area (Å²) in [6, 6.07) is 79.8. The standard InChI is InChI=1S/C57H38N4O/c1-5-14-39(15-6-1)41-24-28-44(29-25-41)55-58-56(45-30-26-42(27-31-45)40-16-7-2-8-17-40)60-57(59-55)51-22-13-23-52-54(51)50-37-34-46(38-53(50)62-52)43-32-35-49(36-33-43)61(47-18-9-3-10-19-47)48-20-11-4-12-21-48/h1-38H. The molecule has 0 saturated heterocycles. The van der Waals surface area contributed by atoms with Gasteiger partial charge in [-0.05, 0) is 88.0 Å². The van der Waals surface area contributed by atoms with Crippen LogP contribution in [-0.4, -0.2) is 15.0 Å². The highest BCUT2D eigenvalue weighted by molar-refractivity contribution is 6.12. The molecular formula is C57H38N4O. The van der Waals surface area contributed by atoms with Crippen LogP contribution in [0.4, 0.5) is 17.1 Å². The second kappa shape index (κ2) is 16.0. The van der Waals surface area contributed by atoms with Gasteiger partial charge in [0.15, 0.2) is 17.5 Å². The third-order valence-corrected chi connectivity index (χ3v) is 11.4. The van der Waals surface area contributed by atoms with Crippen LogP contribution in [0.2, 0.25) is 0 Å². The summed E-state index contributed by atoms with van der Waals surface area (Å²) in [4.78, 5) is 17.7. The minimum atomic E-state index is 0.582. The molecule has 0 N–H and O–H groups in total. The van der Waals surface area contributed by atoms with Gasteiger partial charge in [-0.3, -0.25) is 0 Å². The Kier molecular flexibility index (Phi) is 9.45. The van der Waals surface area contributed by atoms with Crippen molar-refractivity contribution in [3.63, 3.8) is 0 Å². The van der Waals surface area contributed by atoms with Crippen LogP contribution in [-0.2, 0) is 0 Å². The lowest BCUT2D eigenvalue weighted by Gasteiger charge is -2.25. The lowest BCUT2D eigenvalue weighted by molar-refractivity contribution is 0.669. The van der Waals surface area contributed by atoms with E-state index in [0.29, 0.717) is 17.5 Å². The van der Waals surface area contributed by atoms with E-state index in [2.05, 4.69) is 199 Å². The molecule has 292 valence electrons. The molecule has 2 aromatic heterocycles. The fourth-order valence-corrected chi connectivity index (χ4v) is 8.24. The van der Waals surface area contributed by atoms with Crippen molar-refractivity contribution in [3.05, 3.63) is 231 Å². The predicted molar refractivity (Wildman–Crippen MR) is 254 cm³/mol. The Hall–Kier alpha value is -8.41. The lowest BCUT2D eigenvalue weighted by Crippen LogP contribution is -2.09. The average Bonchev–Trinajstić information content (AvgIpc) is 3.74. The Morgan fingerprint density at radius 1 is 0.290 bits per heavy atom. The third-order valence-electron chi connectivity index (χ3n) is 11.4. The Morgan fingerprint density at radius 2 is 0.694 bits per heavy atom. The first-order chi connectivity index (χ1) is 30.7. The molecule has 0 unspecified atom stereocenters. The molecule has 0 spiro atoms. The molecule has 5 nitrogen and oxygen atoms in total. The first-order valence-corrected chi connectivity index (χ1v) is 20.8. The Labute approximate surface area is 359 Å². The normalized spacial score (nSPS) is 11.2. The monoisotopic (exact) mass is 794 g/mol. The Bertz CT molecular complexity index is 3160. The topological polar surface area (TPSA) is 55.1 Å². The summed E-state index contributed by atoms with van der Waals surface area (Å²) in [7, 11) is 0. The molecule has 0 saturated carbocycles. The molecule has 0 bridgehead atoms. The number of para-hydroxylation sites is 2. The quantitative estimate of drug-likeness (QED) is 0.146. The minimum absolute atomic E-state index is 0.582. The second-order valence-corrected chi connectivity index (χ2v) is 15.2. The van der Waals surface area contributed by atoms with Gasteiger partial charge in [-0.1, -0.05) is 176 Å². The van der Waals surface area contributed by atoms with Gasteiger partial charge in [-0.25, -0.2) is 15.0 Å². The van der Waals surface area contributed by atoms with E-state index in [-0.39, 0.29) is 0 Å².